The van der Waals surface area contributed by atoms with Crippen molar-refractivity contribution in [3.63, 3.8) is 0 Å². The molecule has 1 aliphatic carbocycles. The first kappa shape index (κ1) is 17.9. The summed E-state index contributed by atoms with van der Waals surface area (Å²) in [4.78, 5) is 34.3. The molecular formula is C17H21NO6. The molecule has 0 spiro atoms. The fourth-order valence-corrected chi connectivity index (χ4v) is 3.10. The van der Waals surface area contributed by atoms with Gasteiger partial charge in [-0.1, -0.05) is 13.3 Å². The second-order valence-corrected chi connectivity index (χ2v) is 5.83. The lowest BCUT2D eigenvalue weighted by Crippen LogP contribution is -2.21. The maximum Gasteiger partial charge on any atom is 0.338 e. The summed E-state index contributed by atoms with van der Waals surface area (Å²) in [6.45, 7) is 4.09. The zero-order valence-electron chi connectivity index (χ0n) is 13.8. The number of hydrogen-bond donors (Lipinski definition) is 0. The lowest BCUT2D eigenvalue weighted by Gasteiger charge is -2.14. The summed E-state index contributed by atoms with van der Waals surface area (Å²) in [6, 6.07) is 5.27. The molecule has 0 heterocycles. The van der Waals surface area contributed by atoms with Gasteiger partial charge >= 0.3 is 11.9 Å². The zero-order valence-corrected chi connectivity index (χ0v) is 13.8. The molecule has 1 aromatic rings. The number of non-ortho nitro benzene ring substituents is 1. The number of rotatable bonds is 6. The molecule has 1 saturated carbocycles. The van der Waals surface area contributed by atoms with E-state index in [0.717, 1.165) is 6.42 Å². The predicted molar refractivity (Wildman–Crippen MR) is 85.4 cm³/mol. The molecule has 1 aromatic carbocycles. The van der Waals surface area contributed by atoms with Gasteiger partial charge in [0.25, 0.3) is 5.69 Å². The number of esters is 2. The van der Waals surface area contributed by atoms with E-state index in [2.05, 4.69) is 0 Å². The molecule has 24 heavy (non-hydrogen) atoms. The van der Waals surface area contributed by atoms with E-state index in [4.69, 9.17) is 9.47 Å². The molecule has 2 rings (SSSR count). The third kappa shape index (κ3) is 4.10. The Kier molecular flexibility index (Phi) is 5.89. The van der Waals surface area contributed by atoms with Crippen LogP contribution in [0.2, 0.25) is 0 Å². The van der Waals surface area contributed by atoms with Crippen molar-refractivity contribution >= 4 is 17.6 Å². The van der Waals surface area contributed by atoms with Crippen molar-refractivity contribution in [2.75, 3.05) is 6.61 Å². The Hall–Kier alpha value is -2.44. The van der Waals surface area contributed by atoms with Gasteiger partial charge in [0.15, 0.2) is 0 Å². The number of ether oxygens (including phenoxy) is 2. The molecule has 130 valence electrons. The molecule has 0 saturated heterocycles. The summed E-state index contributed by atoms with van der Waals surface area (Å²) in [6.07, 6.45) is 1.55. The molecule has 0 unspecified atom stereocenters. The smallest absolute Gasteiger partial charge is 0.338 e. The fraction of sp³-hybridized carbons (Fsp3) is 0.529. The van der Waals surface area contributed by atoms with E-state index in [1.54, 1.807) is 6.92 Å². The quantitative estimate of drug-likeness (QED) is 0.450. The monoisotopic (exact) mass is 335 g/mol. The van der Waals surface area contributed by atoms with E-state index in [1.165, 1.54) is 24.3 Å². The van der Waals surface area contributed by atoms with Crippen molar-refractivity contribution in [3.8, 4) is 0 Å². The first-order valence-corrected chi connectivity index (χ1v) is 8.08. The number of carbonyl (C=O) groups excluding carboxylic acids is 2. The van der Waals surface area contributed by atoms with Gasteiger partial charge in [-0.15, -0.1) is 0 Å². The number of benzene rings is 1. The number of nitro groups is 1. The van der Waals surface area contributed by atoms with Crippen molar-refractivity contribution < 1.29 is 24.0 Å². The van der Waals surface area contributed by atoms with Crippen molar-refractivity contribution in [1.29, 1.82) is 0 Å². The lowest BCUT2D eigenvalue weighted by atomic mass is 9.94. The van der Waals surface area contributed by atoms with Crippen molar-refractivity contribution in [1.82, 2.24) is 0 Å². The number of hydrogen-bond acceptors (Lipinski definition) is 6. The van der Waals surface area contributed by atoms with Gasteiger partial charge in [0, 0.05) is 12.1 Å². The van der Waals surface area contributed by atoms with Crippen LogP contribution in [0.1, 0.15) is 43.5 Å². The summed E-state index contributed by atoms with van der Waals surface area (Å²) in [7, 11) is 0. The van der Waals surface area contributed by atoms with Crippen LogP contribution in [-0.2, 0) is 14.3 Å². The largest absolute Gasteiger partial charge is 0.466 e. The number of nitrogens with zero attached hydrogens (tertiary/aromatic N) is 1. The highest BCUT2D eigenvalue weighted by molar-refractivity contribution is 5.89. The summed E-state index contributed by atoms with van der Waals surface area (Å²) in [5.74, 6) is -0.879. The van der Waals surface area contributed by atoms with Crippen LogP contribution in [0.3, 0.4) is 0 Å². The van der Waals surface area contributed by atoms with E-state index < -0.39 is 10.9 Å². The molecular weight excluding hydrogens is 314 g/mol. The second kappa shape index (κ2) is 7.90. The minimum absolute atomic E-state index is 0.0826. The molecule has 1 fully saturated rings. The first-order valence-electron chi connectivity index (χ1n) is 8.08. The van der Waals surface area contributed by atoms with Gasteiger partial charge in [0.05, 0.1) is 23.0 Å². The predicted octanol–water partition coefficient (Wildman–Crippen LogP) is 3.12. The molecule has 0 N–H and O–H groups in total. The second-order valence-electron chi connectivity index (χ2n) is 5.83. The first-order chi connectivity index (χ1) is 11.5. The van der Waals surface area contributed by atoms with E-state index in [1.807, 2.05) is 6.92 Å². The van der Waals surface area contributed by atoms with Crippen LogP contribution in [0.5, 0.6) is 0 Å². The van der Waals surface area contributed by atoms with Crippen molar-refractivity contribution in [2.45, 2.75) is 39.2 Å². The molecule has 0 bridgehead atoms. The molecule has 0 radical (unpaired) electrons. The van der Waals surface area contributed by atoms with Crippen molar-refractivity contribution in [3.05, 3.63) is 39.9 Å². The molecule has 0 amide bonds. The summed E-state index contributed by atoms with van der Waals surface area (Å²) in [5, 5.41) is 10.6. The molecule has 0 aromatic heterocycles. The Bertz CT molecular complexity index is 612. The molecule has 0 aliphatic heterocycles. The molecule has 3 atom stereocenters. The highest BCUT2D eigenvalue weighted by Gasteiger charge is 2.40. The fourth-order valence-electron chi connectivity index (χ4n) is 3.10. The van der Waals surface area contributed by atoms with Gasteiger partial charge in [0.2, 0.25) is 0 Å². The maximum absolute atomic E-state index is 12.2. The summed E-state index contributed by atoms with van der Waals surface area (Å²) in [5.41, 5.74) is 0.175. The zero-order chi connectivity index (χ0) is 17.7. The molecule has 7 heteroatoms. The van der Waals surface area contributed by atoms with Gasteiger partial charge < -0.3 is 9.47 Å². The van der Waals surface area contributed by atoms with Crippen LogP contribution >= 0.6 is 0 Å². The third-order valence-corrected chi connectivity index (χ3v) is 4.35. The molecule has 7 nitrogen and oxygen atoms in total. The van der Waals surface area contributed by atoms with Gasteiger partial charge in [0.1, 0.15) is 6.10 Å². The van der Waals surface area contributed by atoms with E-state index >= 15 is 0 Å². The highest BCUT2D eigenvalue weighted by atomic mass is 16.6. The Morgan fingerprint density at radius 3 is 2.42 bits per heavy atom. The van der Waals surface area contributed by atoms with Crippen LogP contribution in [0.25, 0.3) is 0 Å². The van der Waals surface area contributed by atoms with Gasteiger partial charge in [-0.3, -0.25) is 14.9 Å². The van der Waals surface area contributed by atoms with E-state index in [0.29, 0.717) is 19.4 Å². The van der Waals surface area contributed by atoms with Crippen LogP contribution < -0.4 is 0 Å². The topological polar surface area (TPSA) is 95.7 Å². The average Bonchev–Trinajstić information content (AvgIpc) is 2.98. The normalized spacial score (nSPS) is 22.8. The SMILES string of the molecule is CCOC(=O)[C@@H]1C[C@H](OC(=O)c2ccc([N+](=O)[O-])cc2)C[C@@H]1CC. The van der Waals surface area contributed by atoms with Gasteiger partial charge in [-0.25, -0.2) is 4.79 Å². The highest BCUT2D eigenvalue weighted by Crippen LogP contribution is 2.37. The van der Waals surface area contributed by atoms with Crippen LogP contribution in [0.15, 0.2) is 24.3 Å². The number of carbonyl (C=O) groups is 2. The maximum atomic E-state index is 12.2. The van der Waals surface area contributed by atoms with E-state index in [9.17, 15) is 19.7 Å². The van der Waals surface area contributed by atoms with E-state index in [-0.39, 0.29) is 35.2 Å². The lowest BCUT2D eigenvalue weighted by molar-refractivity contribution is -0.384. The minimum Gasteiger partial charge on any atom is -0.466 e. The third-order valence-electron chi connectivity index (χ3n) is 4.35. The van der Waals surface area contributed by atoms with Crippen LogP contribution in [0.4, 0.5) is 5.69 Å². The Morgan fingerprint density at radius 2 is 1.88 bits per heavy atom. The molecule has 1 aliphatic rings. The Balaban J connectivity index is 1.99. The average molecular weight is 335 g/mol. The van der Waals surface area contributed by atoms with Crippen molar-refractivity contribution in [2.24, 2.45) is 11.8 Å². The van der Waals surface area contributed by atoms with Crippen LogP contribution in [0, 0.1) is 22.0 Å². The van der Waals surface area contributed by atoms with Gasteiger partial charge in [-0.05, 0) is 37.8 Å². The van der Waals surface area contributed by atoms with Crippen LogP contribution in [-0.4, -0.2) is 29.6 Å². The Morgan fingerprint density at radius 1 is 1.21 bits per heavy atom. The summed E-state index contributed by atoms with van der Waals surface area (Å²) < 4.78 is 10.6. The summed E-state index contributed by atoms with van der Waals surface area (Å²) >= 11 is 0. The minimum atomic E-state index is -0.533. The Labute approximate surface area is 140 Å². The standard InChI is InChI=1S/C17H21NO6/c1-3-11-9-14(10-15(11)17(20)23-4-2)24-16(19)12-5-7-13(8-6-12)18(21)22/h5-8,11,14-15H,3-4,9-10H2,1-2H3/t11-,14+,15+/m0/s1. The number of nitro benzene ring substituents is 1. The van der Waals surface area contributed by atoms with Gasteiger partial charge in [-0.2, -0.15) is 0 Å².